The molecule has 0 radical (unpaired) electrons. The molecule has 0 aromatic heterocycles. The number of unbranched alkanes of at least 4 members (excludes halogenated alkanes) is 54. The molecule has 2 heterocycles. The van der Waals surface area contributed by atoms with Crippen LogP contribution in [0.25, 0.3) is 0 Å². The molecule has 10 N–H and O–H groups in total. The standard InChI is InChI=1S/C96H181O25P/c1-6-10-14-18-22-25-28-31-34-37-40-43-46-49-57-63-69-81(100)115-76(72-112-79(98)67-61-56-52-51-54-60-66-75(5)65-59-53-21-17-13-9-4)73-114-122(110,111)121-94-92(119-95-89(108)85(104)83(102)77(71-97)116-95)88(107)87(106)91(118-82(101)70-64-58-50-47-44-41-38-35-32-29-26-23-19-15-11-7-2)93(94)120-96-90(109)86(105)84(103)78(117-96)74-113-80(99)68-62-55-48-45-42-39-36-33-30-27-24-20-16-12-8-3/h75-78,83-97,102-109H,6-74H2,1-5H3,(H,110,111). The Labute approximate surface area is 738 Å². The molecule has 26 heteroatoms. The van der Waals surface area contributed by atoms with Gasteiger partial charge >= 0.3 is 31.7 Å². The minimum Gasteiger partial charge on any atom is -0.463 e. The Kier molecular flexibility index (Phi) is 69.1. The fourth-order valence-electron chi connectivity index (χ4n) is 17.0. The Morgan fingerprint density at radius 1 is 0.320 bits per heavy atom. The van der Waals surface area contributed by atoms with Gasteiger partial charge in [0.25, 0.3) is 0 Å². The highest BCUT2D eigenvalue weighted by atomic mass is 31.2. The second-order valence-electron chi connectivity index (χ2n) is 36.3. The molecule has 0 aromatic carbocycles. The second kappa shape index (κ2) is 74.2. The minimum atomic E-state index is -5.81. The Morgan fingerprint density at radius 2 is 0.615 bits per heavy atom. The summed E-state index contributed by atoms with van der Waals surface area (Å²) in [6.07, 6.45) is 32.0. The van der Waals surface area contributed by atoms with Crippen molar-refractivity contribution in [2.75, 3.05) is 26.4 Å². The van der Waals surface area contributed by atoms with Gasteiger partial charge in [-0.25, -0.2) is 4.57 Å². The fraction of sp³-hybridized carbons (Fsp3) is 0.958. The predicted molar refractivity (Wildman–Crippen MR) is 477 cm³/mol. The summed E-state index contributed by atoms with van der Waals surface area (Å²) >= 11 is 0. The van der Waals surface area contributed by atoms with Crippen LogP contribution in [0.15, 0.2) is 0 Å². The number of aliphatic hydroxyl groups excluding tert-OH is 9. The number of phosphoric ester groups is 1. The zero-order chi connectivity index (χ0) is 89.1. The van der Waals surface area contributed by atoms with Crippen LogP contribution in [0.1, 0.15) is 452 Å². The van der Waals surface area contributed by atoms with E-state index >= 15 is 0 Å². The molecule has 1 aliphatic carbocycles. The van der Waals surface area contributed by atoms with Gasteiger partial charge in [-0.1, -0.05) is 401 Å². The van der Waals surface area contributed by atoms with Crippen molar-refractivity contribution in [3.63, 3.8) is 0 Å². The summed E-state index contributed by atoms with van der Waals surface area (Å²) in [4.78, 5) is 66.7. The molecule has 0 aromatic rings. The zero-order valence-electron chi connectivity index (χ0n) is 77.2. The largest absolute Gasteiger partial charge is 0.472 e. The first-order valence-corrected chi connectivity index (χ1v) is 51.7. The first kappa shape index (κ1) is 114. The summed E-state index contributed by atoms with van der Waals surface area (Å²) in [5.74, 6) is -2.25. The monoisotopic (exact) mass is 1770 g/mol. The molecule has 3 rings (SSSR count). The van der Waals surface area contributed by atoms with Crippen LogP contribution in [0.5, 0.6) is 0 Å². The van der Waals surface area contributed by atoms with Gasteiger partial charge in [0.1, 0.15) is 92.6 Å². The van der Waals surface area contributed by atoms with Crippen LogP contribution in [-0.4, -0.2) is 205 Å². The highest BCUT2D eigenvalue weighted by Gasteiger charge is 2.60. The van der Waals surface area contributed by atoms with Crippen molar-refractivity contribution in [1.82, 2.24) is 0 Å². The first-order chi connectivity index (χ1) is 59.1. The van der Waals surface area contributed by atoms with Crippen molar-refractivity contribution in [3.05, 3.63) is 0 Å². The van der Waals surface area contributed by atoms with Gasteiger partial charge in [-0.2, -0.15) is 0 Å². The fourth-order valence-corrected chi connectivity index (χ4v) is 17.9. The highest BCUT2D eigenvalue weighted by molar-refractivity contribution is 7.47. The van der Waals surface area contributed by atoms with Gasteiger partial charge in [0.05, 0.1) is 13.2 Å². The summed E-state index contributed by atoms with van der Waals surface area (Å²) in [6, 6.07) is 0. The van der Waals surface area contributed by atoms with Crippen molar-refractivity contribution < 1.29 is 122 Å². The molecule has 0 spiro atoms. The van der Waals surface area contributed by atoms with Crippen molar-refractivity contribution in [1.29, 1.82) is 0 Å². The molecule has 0 bridgehead atoms. The lowest BCUT2D eigenvalue weighted by Gasteiger charge is -2.50. The first-order valence-electron chi connectivity index (χ1n) is 50.2. The number of carbonyl (C=O) groups is 4. The number of hydrogen-bond acceptors (Lipinski definition) is 24. The summed E-state index contributed by atoms with van der Waals surface area (Å²) in [6.45, 7) is 8.01. The maximum atomic E-state index is 15.0. The summed E-state index contributed by atoms with van der Waals surface area (Å²) in [5, 5.41) is 103. The second-order valence-corrected chi connectivity index (χ2v) is 37.7. The number of hydrogen-bond donors (Lipinski definition) is 10. The lowest BCUT2D eigenvalue weighted by Crippen LogP contribution is -2.70. The molecule has 25 nitrogen and oxygen atoms in total. The smallest absolute Gasteiger partial charge is 0.463 e. The molecule has 19 atom stereocenters. The number of ether oxygens (including phenoxy) is 8. The third kappa shape index (κ3) is 53.6. The number of phosphoric acid groups is 1. The van der Waals surface area contributed by atoms with Gasteiger partial charge in [0, 0.05) is 25.7 Å². The maximum absolute atomic E-state index is 15.0. The Balaban J connectivity index is 1.90. The summed E-state index contributed by atoms with van der Waals surface area (Å²) in [7, 11) is -5.81. The van der Waals surface area contributed by atoms with Crippen LogP contribution >= 0.6 is 7.82 Å². The van der Waals surface area contributed by atoms with E-state index in [2.05, 4.69) is 34.6 Å². The molecular weight excluding hydrogens is 1580 g/mol. The quantitative estimate of drug-likeness (QED) is 0.0117. The van der Waals surface area contributed by atoms with E-state index in [4.69, 9.17) is 46.9 Å². The van der Waals surface area contributed by atoms with E-state index in [0.717, 1.165) is 128 Å². The summed E-state index contributed by atoms with van der Waals surface area (Å²) in [5.41, 5.74) is 0. The molecule has 2 aliphatic heterocycles. The van der Waals surface area contributed by atoms with Crippen LogP contribution in [0, 0.1) is 5.92 Å². The molecular formula is C96H181O25P. The minimum absolute atomic E-state index is 0.0200. The Morgan fingerprint density at radius 3 is 0.975 bits per heavy atom. The maximum Gasteiger partial charge on any atom is 0.472 e. The van der Waals surface area contributed by atoms with Gasteiger partial charge in [-0.05, 0) is 31.6 Å². The third-order valence-electron chi connectivity index (χ3n) is 25.0. The number of carbonyl (C=O) groups excluding carboxylic acids is 4. The molecule has 1 saturated carbocycles. The molecule has 3 fully saturated rings. The molecule has 2 saturated heterocycles. The van der Waals surface area contributed by atoms with Crippen molar-refractivity contribution in [2.24, 2.45) is 5.92 Å². The lowest BCUT2D eigenvalue weighted by atomic mass is 9.84. The van der Waals surface area contributed by atoms with E-state index in [-0.39, 0.29) is 25.7 Å². The number of aliphatic hydroxyl groups is 9. The topological polar surface area (TPSA) is 380 Å². The summed E-state index contributed by atoms with van der Waals surface area (Å²) < 4.78 is 73.7. The van der Waals surface area contributed by atoms with Crippen LogP contribution in [0.2, 0.25) is 0 Å². The third-order valence-corrected chi connectivity index (χ3v) is 26.0. The number of esters is 4. The van der Waals surface area contributed by atoms with Gasteiger partial charge in [0.2, 0.25) is 0 Å². The predicted octanol–water partition coefficient (Wildman–Crippen LogP) is 19.6. The van der Waals surface area contributed by atoms with Crippen molar-refractivity contribution in [3.8, 4) is 0 Å². The van der Waals surface area contributed by atoms with E-state index in [1.807, 2.05) is 0 Å². The van der Waals surface area contributed by atoms with E-state index in [0.29, 0.717) is 38.0 Å². The van der Waals surface area contributed by atoms with Crippen LogP contribution in [-0.2, 0) is 70.7 Å². The average molecular weight is 1770 g/mol. The van der Waals surface area contributed by atoms with Crippen LogP contribution < -0.4 is 0 Å². The van der Waals surface area contributed by atoms with E-state index in [1.54, 1.807) is 0 Å². The molecule has 122 heavy (non-hydrogen) atoms. The van der Waals surface area contributed by atoms with Crippen LogP contribution in [0.3, 0.4) is 0 Å². The number of rotatable bonds is 82. The normalized spacial score (nSPS) is 24.7. The van der Waals surface area contributed by atoms with Gasteiger partial charge < -0.3 is 88.7 Å². The zero-order valence-corrected chi connectivity index (χ0v) is 78.1. The van der Waals surface area contributed by atoms with Crippen molar-refractivity contribution in [2.45, 2.75) is 556 Å². The van der Waals surface area contributed by atoms with Gasteiger partial charge in [-0.3, -0.25) is 28.2 Å². The molecule has 19 unspecified atom stereocenters. The van der Waals surface area contributed by atoms with E-state index < -0.39 is 162 Å². The Hall–Kier alpha value is -2.53. The molecule has 720 valence electrons. The van der Waals surface area contributed by atoms with Crippen molar-refractivity contribution >= 4 is 31.7 Å². The Bertz CT molecular complexity index is 2540. The SMILES string of the molecule is CCCCCCCCCCCCCCCCCCC(=O)OC(COC(=O)CCCCCCCCC(C)CCCCCCCC)COP(=O)(O)OC1C(OC2OC(CO)C(O)C(O)C2O)C(O)C(O)C(OC(=O)CCCCCCCCCCCCCCCCCC)C1OC1OC(COC(=O)CCCCCCCCCCCCCCCCC)C(O)C(O)C1O. The molecule has 3 aliphatic rings. The van der Waals surface area contributed by atoms with E-state index in [9.17, 15) is 74.6 Å². The lowest BCUT2D eigenvalue weighted by molar-refractivity contribution is -0.360. The average Bonchev–Trinajstić information content (AvgIpc) is 0.753. The van der Waals surface area contributed by atoms with Gasteiger partial charge in [-0.15, -0.1) is 0 Å². The van der Waals surface area contributed by atoms with E-state index in [1.165, 1.54) is 231 Å². The molecule has 0 amide bonds. The highest BCUT2D eigenvalue weighted by Crippen LogP contribution is 2.49. The van der Waals surface area contributed by atoms with Crippen LogP contribution in [0.4, 0.5) is 0 Å². The van der Waals surface area contributed by atoms with Gasteiger partial charge in [0.15, 0.2) is 24.8 Å².